The molecule has 0 fully saturated rings. The minimum atomic E-state index is -0.295. The van der Waals surface area contributed by atoms with Gasteiger partial charge in [-0.2, -0.15) is 0 Å². The first-order valence-corrected chi connectivity index (χ1v) is 9.95. The summed E-state index contributed by atoms with van der Waals surface area (Å²) in [5.41, 5.74) is 3.48. The summed E-state index contributed by atoms with van der Waals surface area (Å²) in [5.74, 6) is -0.295. The SMILES string of the molecule is CCOC(=O)c1c2ccccc2n2/c(=C\c3cccc(Cl)c3)c3ccccc3c12. The van der Waals surface area contributed by atoms with E-state index in [1.54, 1.807) is 0 Å². The number of ether oxygens (including phenoxy) is 1. The second-order valence-electron chi connectivity index (χ2n) is 6.93. The molecule has 0 amide bonds. The Kier molecular flexibility index (Phi) is 4.26. The van der Waals surface area contributed by atoms with Gasteiger partial charge in [0.15, 0.2) is 0 Å². The summed E-state index contributed by atoms with van der Waals surface area (Å²) in [4.78, 5) is 12.9. The van der Waals surface area contributed by atoms with Gasteiger partial charge in [0.2, 0.25) is 0 Å². The molecule has 2 aromatic heterocycles. The lowest BCUT2D eigenvalue weighted by atomic mass is 10.1. The van der Waals surface area contributed by atoms with Crippen molar-refractivity contribution in [2.75, 3.05) is 6.61 Å². The fourth-order valence-corrected chi connectivity index (χ4v) is 4.28. The molecule has 0 aliphatic rings. The molecule has 0 radical (unpaired) electrons. The summed E-state index contributed by atoms with van der Waals surface area (Å²) in [6.07, 6.45) is 2.11. The van der Waals surface area contributed by atoms with Crippen molar-refractivity contribution in [3.63, 3.8) is 0 Å². The van der Waals surface area contributed by atoms with Crippen LogP contribution in [0.1, 0.15) is 22.8 Å². The molecule has 0 spiro atoms. The van der Waals surface area contributed by atoms with Gasteiger partial charge in [-0.1, -0.05) is 66.2 Å². The third-order valence-electron chi connectivity index (χ3n) is 5.21. The van der Waals surface area contributed by atoms with Gasteiger partial charge in [-0.25, -0.2) is 4.79 Å². The highest BCUT2D eigenvalue weighted by Gasteiger charge is 2.23. The molecule has 0 N–H and O–H groups in total. The third kappa shape index (κ3) is 2.78. The van der Waals surface area contributed by atoms with E-state index in [0.29, 0.717) is 17.2 Å². The molecule has 0 atom stereocenters. The first-order valence-electron chi connectivity index (χ1n) is 9.57. The first kappa shape index (κ1) is 17.8. The van der Waals surface area contributed by atoms with E-state index in [1.165, 1.54) is 0 Å². The van der Waals surface area contributed by atoms with Crippen LogP contribution in [0.25, 0.3) is 33.3 Å². The van der Waals surface area contributed by atoms with E-state index in [-0.39, 0.29) is 5.97 Å². The minimum absolute atomic E-state index is 0.295. The zero-order valence-electron chi connectivity index (χ0n) is 15.9. The number of benzene rings is 3. The number of para-hydroxylation sites is 1. The van der Waals surface area contributed by atoms with Gasteiger partial charge in [0.25, 0.3) is 0 Å². The smallest absolute Gasteiger partial charge is 0.340 e. The summed E-state index contributed by atoms with van der Waals surface area (Å²) in [6, 6.07) is 23.9. The van der Waals surface area contributed by atoms with Crippen molar-refractivity contribution >= 4 is 50.8 Å². The zero-order chi connectivity index (χ0) is 20.0. The maximum atomic E-state index is 12.9. The second-order valence-corrected chi connectivity index (χ2v) is 7.36. The van der Waals surface area contributed by atoms with E-state index in [1.807, 2.05) is 67.6 Å². The molecule has 0 bridgehead atoms. The van der Waals surface area contributed by atoms with Gasteiger partial charge < -0.3 is 9.14 Å². The standard InChI is InChI=1S/C25H18ClNO2/c1-2-29-25(28)23-20-12-5-6-13-21(20)27-22(15-16-8-7-9-17(26)14-16)18-10-3-4-11-19(18)24(23)27/h3-15H,2H2,1H3/b22-15-. The molecule has 142 valence electrons. The van der Waals surface area contributed by atoms with Gasteiger partial charge in [-0.15, -0.1) is 0 Å². The molecule has 0 aliphatic carbocycles. The average molecular weight is 400 g/mol. The number of nitrogens with zero attached hydrogens (tertiary/aromatic N) is 1. The van der Waals surface area contributed by atoms with E-state index >= 15 is 0 Å². The molecule has 5 aromatic rings. The van der Waals surface area contributed by atoms with Crippen LogP contribution >= 0.6 is 11.6 Å². The summed E-state index contributed by atoms with van der Waals surface area (Å²) in [6.45, 7) is 2.17. The van der Waals surface area contributed by atoms with Gasteiger partial charge in [-0.3, -0.25) is 0 Å². The highest BCUT2D eigenvalue weighted by molar-refractivity contribution is 6.30. The van der Waals surface area contributed by atoms with E-state index in [0.717, 1.165) is 38.1 Å². The van der Waals surface area contributed by atoms with Crippen LogP contribution in [0.15, 0.2) is 72.8 Å². The summed E-state index contributed by atoms with van der Waals surface area (Å²) < 4.78 is 7.57. The molecule has 2 heterocycles. The van der Waals surface area contributed by atoms with Crippen LogP contribution in [0.2, 0.25) is 5.02 Å². The van der Waals surface area contributed by atoms with Crippen molar-refractivity contribution in [3.05, 3.63) is 94.3 Å². The molecule has 0 saturated carbocycles. The third-order valence-corrected chi connectivity index (χ3v) is 5.44. The first-order chi connectivity index (χ1) is 14.2. The largest absolute Gasteiger partial charge is 0.462 e. The lowest BCUT2D eigenvalue weighted by molar-refractivity contribution is 0.0531. The number of halogens is 1. The van der Waals surface area contributed by atoms with Gasteiger partial charge >= 0.3 is 5.97 Å². The molecular weight excluding hydrogens is 382 g/mol. The molecule has 29 heavy (non-hydrogen) atoms. The Bertz CT molecular complexity index is 1440. The Morgan fingerprint density at radius 1 is 0.966 bits per heavy atom. The van der Waals surface area contributed by atoms with Gasteiger partial charge in [0.05, 0.1) is 28.6 Å². The zero-order valence-corrected chi connectivity index (χ0v) is 16.6. The van der Waals surface area contributed by atoms with Crippen LogP contribution < -0.4 is 5.35 Å². The number of hydrogen-bond acceptors (Lipinski definition) is 2. The van der Waals surface area contributed by atoms with E-state index in [9.17, 15) is 4.79 Å². The summed E-state index contributed by atoms with van der Waals surface area (Å²) in [7, 11) is 0. The lowest BCUT2D eigenvalue weighted by Crippen LogP contribution is -2.08. The molecule has 0 saturated heterocycles. The van der Waals surface area contributed by atoms with Crippen LogP contribution in [0, 0.1) is 0 Å². The predicted octanol–water partition coefficient (Wildman–Crippen LogP) is 5.62. The van der Waals surface area contributed by atoms with Gasteiger partial charge in [0.1, 0.15) is 0 Å². The Hall–Kier alpha value is -3.30. The Morgan fingerprint density at radius 2 is 1.69 bits per heavy atom. The number of fused-ring (bicyclic) bond motifs is 5. The average Bonchev–Trinajstić information content (AvgIpc) is 3.22. The van der Waals surface area contributed by atoms with Crippen molar-refractivity contribution in [1.82, 2.24) is 4.40 Å². The van der Waals surface area contributed by atoms with Crippen LogP contribution in [-0.4, -0.2) is 17.0 Å². The Balaban J connectivity index is 2.01. The topological polar surface area (TPSA) is 30.7 Å². The maximum absolute atomic E-state index is 12.9. The van der Waals surface area contributed by atoms with Crippen LogP contribution in [0.3, 0.4) is 0 Å². The van der Waals surface area contributed by atoms with Crippen molar-refractivity contribution in [2.45, 2.75) is 6.92 Å². The fraction of sp³-hybridized carbons (Fsp3) is 0.0800. The van der Waals surface area contributed by atoms with Crippen molar-refractivity contribution in [2.24, 2.45) is 0 Å². The maximum Gasteiger partial charge on any atom is 0.340 e. The Labute approximate surface area is 172 Å². The summed E-state index contributed by atoms with van der Waals surface area (Å²) in [5, 5.41) is 4.71. The number of aromatic nitrogens is 1. The highest BCUT2D eigenvalue weighted by Crippen LogP contribution is 2.32. The van der Waals surface area contributed by atoms with Gasteiger partial charge in [0, 0.05) is 21.2 Å². The van der Waals surface area contributed by atoms with Crippen LogP contribution in [0.5, 0.6) is 0 Å². The number of hydrogen-bond donors (Lipinski definition) is 0. The Morgan fingerprint density at radius 3 is 2.45 bits per heavy atom. The van der Waals surface area contributed by atoms with E-state index in [4.69, 9.17) is 16.3 Å². The summed E-state index contributed by atoms with van der Waals surface area (Å²) >= 11 is 6.21. The van der Waals surface area contributed by atoms with Crippen LogP contribution in [0.4, 0.5) is 0 Å². The molecule has 3 aromatic carbocycles. The van der Waals surface area contributed by atoms with Crippen molar-refractivity contribution < 1.29 is 9.53 Å². The fourth-order valence-electron chi connectivity index (χ4n) is 4.09. The quantitative estimate of drug-likeness (QED) is 0.368. The minimum Gasteiger partial charge on any atom is -0.462 e. The number of carbonyl (C=O) groups is 1. The van der Waals surface area contributed by atoms with E-state index in [2.05, 4.69) is 22.6 Å². The van der Waals surface area contributed by atoms with Crippen molar-refractivity contribution in [1.29, 1.82) is 0 Å². The predicted molar refractivity (Wildman–Crippen MR) is 119 cm³/mol. The van der Waals surface area contributed by atoms with Crippen LogP contribution in [-0.2, 0) is 4.74 Å². The molecule has 3 nitrogen and oxygen atoms in total. The van der Waals surface area contributed by atoms with E-state index < -0.39 is 0 Å². The highest BCUT2D eigenvalue weighted by atomic mass is 35.5. The normalized spacial score (nSPS) is 12.3. The molecule has 4 heteroatoms. The second kappa shape index (κ2) is 6.94. The number of carbonyl (C=O) groups excluding carboxylic acids is 1. The lowest BCUT2D eigenvalue weighted by Gasteiger charge is -2.01. The molecule has 0 aliphatic heterocycles. The molecule has 0 unspecified atom stereocenters. The van der Waals surface area contributed by atoms with Crippen molar-refractivity contribution in [3.8, 4) is 0 Å². The number of esters is 1. The van der Waals surface area contributed by atoms with Gasteiger partial charge in [-0.05, 0) is 36.8 Å². The molecule has 5 rings (SSSR count). The number of rotatable bonds is 3. The molecular formula is C25H18ClNO2. The monoisotopic (exact) mass is 399 g/mol.